The number of aryl methyl sites for hydroxylation is 1. The van der Waals surface area contributed by atoms with Crippen LogP contribution in [0.2, 0.25) is 0 Å². The van der Waals surface area contributed by atoms with Crippen molar-refractivity contribution in [2.45, 2.75) is 0 Å². The summed E-state index contributed by atoms with van der Waals surface area (Å²) in [6, 6.07) is 11.0. The third-order valence-electron chi connectivity index (χ3n) is 2.83. The quantitative estimate of drug-likeness (QED) is 0.771. The number of furan rings is 1. The minimum absolute atomic E-state index is 0.181. The number of anilines is 1. The lowest BCUT2D eigenvalue weighted by Gasteiger charge is -1.98. The highest BCUT2D eigenvalue weighted by atomic mass is 16.3. The summed E-state index contributed by atoms with van der Waals surface area (Å²) in [5.74, 6) is -0.0300. The Balaban J connectivity index is 1.91. The summed E-state index contributed by atoms with van der Waals surface area (Å²) >= 11 is 0. The summed E-state index contributed by atoms with van der Waals surface area (Å²) in [6.45, 7) is 0. The highest BCUT2D eigenvalue weighted by molar-refractivity contribution is 6.04. The van der Waals surface area contributed by atoms with E-state index >= 15 is 0 Å². The summed E-state index contributed by atoms with van der Waals surface area (Å²) in [5, 5.41) is 16.4. The highest BCUT2D eigenvalue weighted by Gasteiger charge is 2.16. The maximum atomic E-state index is 12.1. The molecule has 0 unspecified atom stereocenters. The standard InChI is InChI=1S/C14H10N4O2/c1-18-8-10(7-15)13(17-18)16-14(19)12-6-9-4-2-3-5-11(9)20-12/h2-6,8H,1H3,(H,16,17,19). The zero-order chi connectivity index (χ0) is 14.1. The SMILES string of the molecule is Cn1cc(C#N)c(NC(=O)c2cc3ccccc3o2)n1. The molecule has 0 atom stereocenters. The molecule has 1 amide bonds. The predicted molar refractivity (Wildman–Crippen MR) is 72.1 cm³/mol. The van der Waals surface area contributed by atoms with Gasteiger partial charge in [0.1, 0.15) is 17.2 Å². The smallest absolute Gasteiger partial charge is 0.292 e. The molecule has 0 bridgehead atoms. The molecule has 6 heteroatoms. The van der Waals surface area contributed by atoms with Crippen LogP contribution >= 0.6 is 0 Å². The van der Waals surface area contributed by atoms with E-state index in [-0.39, 0.29) is 11.6 Å². The fraction of sp³-hybridized carbons (Fsp3) is 0.0714. The van der Waals surface area contributed by atoms with E-state index in [1.165, 1.54) is 10.9 Å². The van der Waals surface area contributed by atoms with Crippen LogP contribution < -0.4 is 5.32 Å². The lowest BCUT2D eigenvalue weighted by molar-refractivity contribution is 0.0998. The van der Waals surface area contributed by atoms with Crippen LogP contribution in [-0.4, -0.2) is 15.7 Å². The van der Waals surface area contributed by atoms with E-state index in [4.69, 9.17) is 9.68 Å². The third kappa shape index (κ3) is 2.01. The van der Waals surface area contributed by atoms with Gasteiger partial charge in [0.05, 0.1) is 0 Å². The highest BCUT2D eigenvalue weighted by Crippen LogP contribution is 2.20. The van der Waals surface area contributed by atoms with Gasteiger partial charge < -0.3 is 9.73 Å². The van der Waals surface area contributed by atoms with Crippen LogP contribution in [0.5, 0.6) is 0 Å². The molecule has 0 radical (unpaired) electrons. The van der Waals surface area contributed by atoms with Crippen LogP contribution in [0.1, 0.15) is 16.1 Å². The van der Waals surface area contributed by atoms with Crippen molar-refractivity contribution in [3.05, 3.63) is 47.9 Å². The number of nitrogens with one attached hydrogen (secondary N) is 1. The van der Waals surface area contributed by atoms with Gasteiger partial charge in [-0.15, -0.1) is 0 Å². The fourth-order valence-electron chi connectivity index (χ4n) is 1.93. The van der Waals surface area contributed by atoms with Gasteiger partial charge in [-0.05, 0) is 12.1 Å². The second-order valence-corrected chi connectivity index (χ2v) is 4.28. The number of amides is 1. The van der Waals surface area contributed by atoms with Crippen LogP contribution in [0.4, 0.5) is 5.82 Å². The fourth-order valence-corrected chi connectivity index (χ4v) is 1.93. The minimum Gasteiger partial charge on any atom is -0.451 e. The Bertz CT molecular complexity index is 805. The molecule has 1 N–H and O–H groups in total. The van der Waals surface area contributed by atoms with Gasteiger partial charge >= 0.3 is 0 Å². The van der Waals surface area contributed by atoms with E-state index in [0.29, 0.717) is 11.1 Å². The Hall–Kier alpha value is -3.07. The Kier molecular flexibility index (Phi) is 2.73. The Labute approximate surface area is 114 Å². The van der Waals surface area contributed by atoms with E-state index < -0.39 is 5.91 Å². The van der Waals surface area contributed by atoms with Gasteiger partial charge in [0.15, 0.2) is 11.6 Å². The monoisotopic (exact) mass is 266 g/mol. The molecule has 0 saturated heterocycles. The second-order valence-electron chi connectivity index (χ2n) is 4.28. The number of rotatable bonds is 2. The normalized spacial score (nSPS) is 10.4. The van der Waals surface area contributed by atoms with Crippen molar-refractivity contribution in [3.8, 4) is 6.07 Å². The molecule has 0 aliphatic heterocycles. The lowest BCUT2D eigenvalue weighted by Crippen LogP contribution is -2.12. The van der Waals surface area contributed by atoms with Gasteiger partial charge in [-0.2, -0.15) is 10.4 Å². The number of nitriles is 1. The molecule has 0 spiro atoms. The van der Waals surface area contributed by atoms with Crippen molar-refractivity contribution in [2.75, 3.05) is 5.32 Å². The molecule has 6 nitrogen and oxygen atoms in total. The number of hydrogen-bond donors (Lipinski definition) is 1. The number of carbonyl (C=O) groups excluding carboxylic acids is 1. The van der Waals surface area contributed by atoms with Crippen LogP contribution in [0.15, 0.2) is 40.9 Å². The van der Waals surface area contributed by atoms with Crippen molar-refractivity contribution >= 4 is 22.7 Å². The molecule has 3 aromatic rings. The van der Waals surface area contributed by atoms with Gasteiger partial charge in [0.25, 0.3) is 5.91 Å². The molecule has 1 aromatic carbocycles. The zero-order valence-electron chi connectivity index (χ0n) is 10.6. The summed E-state index contributed by atoms with van der Waals surface area (Å²) in [6.07, 6.45) is 1.54. The first-order chi connectivity index (χ1) is 9.67. The first-order valence-electron chi connectivity index (χ1n) is 5.91. The van der Waals surface area contributed by atoms with Crippen LogP contribution in [0.25, 0.3) is 11.0 Å². The van der Waals surface area contributed by atoms with E-state index in [0.717, 1.165) is 5.39 Å². The van der Waals surface area contributed by atoms with Gasteiger partial charge in [-0.3, -0.25) is 9.48 Å². The minimum atomic E-state index is -0.434. The number of benzene rings is 1. The Morgan fingerprint density at radius 1 is 1.45 bits per heavy atom. The second kappa shape index (κ2) is 4.55. The van der Waals surface area contributed by atoms with Crippen molar-refractivity contribution in [1.82, 2.24) is 9.78 Å². The Morgan fingerprint density at radius 3 is 3.00 bits per heavy atom. The number of nitrogens with zero attached hydrogens (tertiary/aromatic N) is 3. The molecule has 0 aliphatic rings. The topological polar surface area (TPSA) is 83.9 Å². The van der Waals surface area contributed by atoms with Gasteiger partial charge in [-0.25, -0.2) is 0 Å². The molecule has 0 aliphatic carbocycles. The van der Waals surface area contributed by atoms with Gasteiger partial charge in [0.2, 0.25) is 0 Å². The largest absolute Gasteiger partial charge is 0.451 e. The molecule has 3 rings (SSSR count). The van der Waals surface area contributed by atoms with E-state index in [1.807, 2.05) is 24.3 Å². The molecule has 0 saturated carbocycles. The average Bonchev–Trinajstić information content (AvgIpc) is 3.01. The number of aromatic nitrogens is 2. The van der Waals surface area contributed by atoms with Gasteiger partial charge in [-0.1, -0.05) is 18.2 Å². The van der Waals surface area contributed by atoms with Crippen LogP contribution in [-0.2, 0) is 7.05 Å². The average molecular weight is 266 g/mol. The molecular formula is C14H10N4O2. The maximum Gasteiger partial charge on any atom is 0.292 e. The zero-order valence-corrected chi connectivity index (χ0v) is 10.6. The molecule has 2 aromatic heterocycles. The number of hydrogen-bond acceptors (Lipinski definition) is 4. The summed E-state index contributed by atoms with van der Waals surface area (Å²) in [4.78, 5) is 12.1. The summed E-state index contributed by atoms with van der Waals surface area (Å²) in [5.41, 5.74) is 0.941. The van der Waals surface area contributed by atoms with Crippen molar-refractivity contribution in [3.63, 3.8) is 0 Å². The molecule has 0 fully saturated rings. The van der Waals surface area contributed by atoms with Crippen LogP contribution in [0, 0.1) is 11.3 Å². The maximum absolute atomic E-state index is 12.1. The van der Waals surface area contributed by atoms with Crippen molar-refractivity contribution in [1.29, 1.82) is 5.26 Å². The van der Waals surface area contributed by atoms with E-state index in [9.17, 15) is 4.79 Å². The number of carbonyl (C=O) groups is 1. The predicted octanol–water partition coefficient (Wildman–Crippen LogP) is 2.29. The molecule has 2 heterocycles. The van der Waals surface area contributed by atoms with Crippen molar-refractivity contribution in [2.24, 2.45) is 7.05 Å². The summed E-state index contributed by atoms with van der Waals surface area (Å²) < 4.78 is 6.92. The molecule has 98 valence electrons. The van der Waals surface area contributed by atoms with Crippen molar-refractivity contribution < 1.29 is 9.21 Å². The molecule has 20 heavy (non-hydrogen) atoms. The summed E-state index contributed by atoms with van der Waals surface area (Å²) in [7, 11) is 1.68. The first-order valence-corrected chi connectivity index (χ1v) is 5.91. The number of fused-ring (bicyclic) bond motifs is 1. The number of para-hydroxylation sites is 1. The van der Waals surface area contributed by atoms with E-state index in [1.54, 1.807) is 19.2 Å². The third-order valence-corrected chi connectivity index (χ3v) is 2.83. The van der Waals surface area contributed by atoms with Crippen LogP contribution in [0.3, 0.4) is 0 Å². The molecular weight excluding hydrogens is 256 g/mol. The van der Waals surface area contributed by atoms with Gasteiger partial charge in [0, 0.05) is 18.6 Å². The lowest BCUT2D eigenvalue weighted by atomic mass is 10.2. The van der Waals surface area contributed by atoms with E-state index in [2.05, 4.69) is 10.4 Å². The Morgan fingerprint density at radius 2 is 2.25 bits per heavy atom. The first kappa shape index (κ1) is 12.0.